The fourth-order valence-electron chi connectivity index (χ4n) is 3.81. The van der Waals surface area contributed by atoms with E-state index in [-0.39, 0.29) is 41.0 Å². The summed E-state index contributed by atoms with van der Waals surface area (Å²) in [7, 11) is 0. The van der Waals surface area contributed by atoms with Gasteiger partial charge in [-0.2, -0.15) is 0 Å². The minimum Gasteiger partial charge on any atom is -0.346 e. The highest BCUT2D eigenvalue weighted by Gasteiger charge is 2.35. The van der Waals surface area contributed by atoms with Crippen molar-refractivity contribution in [3.8, 4) is 0 Å². The Morgan fingerprint density at radius 3 is 2.72 bits per heavy atom. The van der Waals surface area contributed by atoms with Gasteiger partial charge in [-0.15, -0.1) is 5.10 Å². The van der Waals surface area contributed by atoms with Gasteiger partial charge in [-0.1, -0.05) is 31.2 Å². The van der Waals surface area contributed by atoms with Crippen molar-refractivity contribution in [1.82, 2.24) is 30.1 Å². The van der Waals surface area contributed by atoms with Crippen molar-refractivity contribution in [3.05, 3.63) is 47.0 Å². The maximum Gasteiger partial charge on any atom is 0.276 e. The minimum atomic E-state index is -0.298. The maximum atomic E-state index is 13.4. The van der Waals surface area contributed by atoms with Gasteiger partial charge in [0.1, 0.15) is 5.82 Å². The monoisotopic (exact) mass is 400 g/mol. The number of amides is 2. The van der Waals surface area contributed by atoms with Crippen LogP contribution in [0.1, 0.15) is 40.4 Å². The maximum absolute atomic E-state index is 13.4. The van der Waals surface area contributed by atoms with Crippen LogP contribution in [0.5, 0.6) is 0 Å². The van der Waals surface area contributed by atoms with Gasteiger partial charge in [-0.25, -0.2) is 9.07 Å². The van der Waals surface area contributed by atoms with Crippen LogP contribution in [0.15, 0.2) is 24.3 Å². The third-order valence-electron chi connectivity index (χ3n) is 5.60. The summed E-state index contributed by atoms with van der Waals surface area (Å²) in [4.78, 5) is 29.4. The number of benzene rings is 1. The lowest BCUT2D eigenvalue weighted by atomic mass is 10.0. The molecule has 154 valence electrons. The first-order chi connectivity index (χ1) is 13.9. The van der Waals surface area contributed by atoms with Gasteiger partial charge in [-0.05, 0) is 23.6 Å². The topological polar surface area (TPSA) is 83.4 Å². The Balaban J connectivity index is 1.40. The predicted molar refractivity (Wildman–Crippen MR) is 104 cm³/mol. The second kappa shape index (κ2) is 7.90. The Morgan fingerprint density at radius 2 is 2.03 bits per heavy atom. The largest absolute Gasteiger partial charge is 0.346 e. The van der Waals surface area contributed by atoms with Crippen LogP contribution < -0.4 is 5.32 Å². The zero-order valence-electron chi connectivity index (χ0n) is 16.6. The molecule has 2 aliphatic heterocycles. The lowest BCUT2D eigenvalue weighted by Crippen LogP contribution is -2.50. The Hall–Kier alpha value is -2.81. The average Bonchev–Trinajstić information content (AvgIpc) is 3.13. The van der Waals surface area contributed by atoms with Crippen LogP contribution in [0.25, 0.3) is 0 Å². The van der Waals surface area contributed by atoms with Crippen molar-refractivity contribution in [2.75, 3.05) is 26.2 Å². The van der Waals surface area contributed by atoms with Gasteiger partial charge in [-0.3, -0.25) is 14.5 Å². The van der Waals surface area contributed by atoms with Gasteiger partial charge in [0.25, 0.3) is 11.8 Å². The van der Waals surface area contributed by atoms with Gasteiger partial charge in [0.15, 0.2) is 11.4 Å². The van der Waals surface area contributed by atoms with E-state index in [1.54, 1.807) is 11.0 Å². The van der Waals surface area contributed by atoms with Gasteiger partial charge in [0.05, 0.1) is 12.6 Å². The number of fused-ring (bicyclic) bond motifs is 1. The van der Waals surface area contributed by atoms with E-state index in [9.17, 15) is 14.0 Å². The van der Waals surface area contributed by atoms with Crippen LogP contribution in [0.4, 0.5) is 4.39 Å². The van der Waals surface area contributed by atoms with Crippen LogP contribution >= 0.6 is 0 Å². The number of carbonyl (C=O) groups excluding carboxylic acids is 2. The highest BCUT2D eigenvalue weighted by atomic mass is 19.1. The predicted octanol–water partition coefficient (Wildman–Crippen LogP) is 1.14. The molecule has 2 aliphatic rings. The molecule has 1 atom stereocenters. The molecule has 1 N–H and O–H groups in total. The van der Waals surface area contributed by atoms with E-state index in [4.69, 9.17) is 0 Å². The molecule has 0 radical (unpaired) electrons. The standard InChI is InChI=1S/C20H25FN6O2/c1-13(2)16-12-27-18(19(28)22-16)17(23-24-27)20(29)26-8-6-25(7-9-26)11-14-4-3-5-15(21)10-14/h3-5,10,13,16H,6-9,11-12H2,1-2H3,(H,22,28)/t16-/m1/s1. The Kier molecular flexibility index (Phi) is 5.31. The molecule has 0 saturated carbocycles. The van der Waals surface area contributed by atoms with Crippen molar-refractivity contribution in [2.24, 2.45) is 5.92 Å². The summed E-state index contributed by atoms with van der Waals surface area (Å²) in [5.41, 5.74) is 1.27. The van der Waals surface area contributed by atoms with E-state index in [2.05, 4.69) is 20.5 Å². The number of rotatable bonds is 4. The number of hydrogen-bond acceptors (Lipinski definition) is 5. The molecule has 3 heterocycles. The lowest BCUT2D eigenvalue weighted by molar-refractivity contribution is 0.0616. The fraction of sp³-hybridized carbons (Fsp3) is 0.500. The molecule has 29 heavy (non-hydrogen) atoms. The molecular formula is C20H25FN6O2. The molecule has 1 aromatic carbocycles. The van der Waals surface area contributed by atoms with Gasteiger partial charge < -0.3 is 10.2 Å². The number of nitrogens with one attached hydrogen (secondary N) is 1. The number of carbonyl (C=O) groups is 2. The zero-order valence-corrected chi connectivity index (χ0v) is 16.6. The second-order valence-electron chi connectivity index (χ2n) is 7.99. The smallest absolute Gasteiger partial charge is 0.276 e. The molecule has 1 saturated heterocycles. The van der Waals surface area contributed by atoms with Crippen molar-refractivity contribution < 1.29 is 14.0 Å². The van der Waals surface area contributed by atoms with Crippen molar-refractivity contribution in [2.45, 2.75) is 33.0 Å². The summed E-state index contributed by atoms with van der Waals surface area (Å²) in [6.45, 7) is 7.61. The zero-order chi connectivity index (χ0) is 20.5. The van der Waals surface area contributed by atoms with Gasteiger partial charge in [0.2, 0.25) is 0 Å². The van der Waals surface area contributed by atoms with Crippen LogP contribution in [-0.4, -0.2) is 68.8 Å². The number of aromatic nitrogens is 3. The van der Waals surface area contributed by atoms with E-state index < -0.39 is 0 Å². The molecule has 0 aliphatic carbocycles. The first-order valence-corrected chi connectivity index (χ1v) is 9.93. The van der Waals surface area contributed by atoms with Crippen molar-refractivity contribution >= 4 is 11.8 Å². The van der Waals surface area contributed by atoms with E-state index >= 15 is 0 Å². The van der Waals surface area contributed by atoms with Gasteiger partial charge in [0, 0.05) is 32.7 Å². The molecule has 0 spiro atoms. The van der Waals surface area contributed by atoms with Crippen LogP contribution in [0, 0.1) is 11.7 Å². The normalized spacial score (nSPS) is 19.9. The summed E-state index contributed by atoms with van der Waals surface area (Å²) in [6, 6.07) is 6.54. The molecular weight excluding hydrogens is 375 g/mol. The molecule has 8 nitrogen and oxygen atoms in total. The number of piperazine rings is 1. The summed E-state index contributed by atoms with van der Waals surface area (Å²) in [6.07, 6.45) is 0. The van der Waals surface area contributed by atoms with Gasteiger partial charge >= 0.3 is 0 Å². The fourth-order valence-corrected chi connectivity index (χ4v) is 3.81. The van der Waals surface area contributed by atoms with E-state index in [0.717, 1.165) is 5.56 Å². The summed E-state index contributed by atoms with van der Waals surface area (Å²) >= 11 is 0. The molecule has 1 aromatic heterocycles. The van der Waals surface area contributed by atoms with E-state index in [1.807, 2.05) is 19.9 Å². The molecule has 0 bridgehead atoms. The second-order valence-corrected chi connectivity index (χ2v) is 7.99. The Labute approximate surface area is 168 Å². The number of halogens is 1. The third-order valence-corrected chi connectivity index (χ3v) is 5.60. The molecule has 1 fully saturated rings. The molecule has 2 aromatic rings. The Bertz CT molecular complexity index is 919. The Morgan fingerprint density at radius 1 is 1.28 bits per heavy atom. The summed E-state index contributed by atoms with van der Waals surface area (Å²) in [5.74, 6) is -0.546. The highest BCUT2D eigenvalue weighted by molar-refractivity contribution is 6.05. The highest BCUT2D eigenvalue weighted by Crippen LogP contribution is 2.18. The molecule has 4 rings (SSSR count). The quantitative estimate of drug-likeness (QED) is 0.832. The minimum absolute atomic E-state index is 0.0222. The van der Waals surface area contributed by atoms with Crippen molar-refractivity contribution in [1.29, 1.82) is 0 Å². The number of nitrogens with zero attached hydrogens (tertiary/aromatic N) is 5. The van der Waals surface area contributed by atoms with E-state index in [1.165, 1.54) is 16.8 Å². The molecule has 0 unspecified atom stereocenters. The van der Waals surface area contributed by atoms with Crippen LogP contribution in [0.2, 0.25) is 0 Å². The SMILES string of the molecule is CC(C)[C@H]1Cn2nnc(C(=O)N3CCN(Cc4cccc(F)c4)CC3)c2C(=O)N1. The van der Waals surface area contributed by atoms with E-state index in [0.29, 0.717) is 39.3 Å². The molecule has 2 amide bonds. The third kappa shape index (κ3) is 4.00. The first-order valence-electron chi connectivity index (χ1n) is 9.93. The first kappa shape index (κ1) is 19.5. The molecule has 9 heteroatoms. The van der Waals surface area contributed by atoms with Crippen molar-refractivity contribution in [3.63, 3.8) is 0 Å². The van der Waals surface area contributed by atoms with Crippen LogP contribution in [-0.2, 0) is 13.1 Å². The summed E-state index contributed by atoms with van der Waals surface area (Å²) in [5, 5.41) is 11.0. The van der Waals surface area contributed by atoms with Crippen LogP contribution in [0.3, 0.4) is 0 Å². The average molecular weight is 400 g/mol. The lowest BCUT2D eigenvalue weighted by Gasteiger charge is -2.34. The number of hydrogen-bond donors (Lipinski definition) is 1. The summed E-state index contributed by atoms with van der Waals surface area (Å²) < 4.78 is 14.9.